The zero-order valence-corrected chi connectivity index (χ0v) is 10.6. The van der Waals surface area contributed by atoms with E-state index in [1.165, 1.54) is 6.26 Å². The van der Waals surface area contributed by atoms with Crippen molar-refractivity contribution in [3.8, 4) is 0 Å². The Balaban J connectivity index is 3.32. The van der Waals surface area contributed by atoms with Crippen LogP contribution >= 0.6 is 0 Å². The standard InChI is InChI=1S/C10H23NO2S/c1-10(2,3)11-8-6-5-7-9-14(4,12)13/h11H,5-9H2,1-4H3. The van der Waals surface area contributed by atoms with Crippen LogP contribution in [0.25, 0.3) is 0 Å². The lowest BCUT2D eigenvalue weighted by atomic mass is 10.1. The van der Waals surface area contributed by atoms with Crippen molar-refractivity contribution < 1.29 is 8.42 Å². The van der Waals surface area contributed by atoms with Gasteiger partial charge in [0.1, 0.15) is 9.84 Å². The van der Waals surface area contributed by atoms with E-state index in [1.807, 2.05) is 0 Å². The lowest BCUT2D eigenvalue weighted by Crippen LogP contribution is -2.36. The van der Waals surface area contributed by atoms with Gasteiger partial charge in [0.25, 0.3) is 0 Å². The molecule has 0 radical (unpaired) electrons. The third-order valence-electron chi connectivity index (χ3n) is 1.85. The zero-order valence-electron chi connectivity index (χ0n) is 9.76. The smallest absolute Gasteiger partial charge is 0.147 e. The summed E-state index contributed by atoms with van der Waals surface area (Å²) in [5.74, 6) is 0.322. The fraction of sp³-hybridized carbons (Fsp3) is 1.00. The monoisotopic (exact) mass is 221 g/mol. The third kappa shape index (κ3) is 11.9. The maximum Gasteiger partial charge on any atom is 0.147 e. The van der Waals surface area contributed by atoms with E-state index in [4.69, 9.17) is 0 Å². The summed E-state index contributed by atoms with van der Waals surface area (Å²) in [6.07, 6.45) is 4.11. The molecule has 0 aromatic carbocycles. The number of sulfone groups is 1. The van der Waals surface area contributed by atoms with Crippen LogP contribution in [0.1, 0.15) is 40.0 Å². The summed E-state index contributed by atoms with van der Waals surface area (Å²) >= 11 is 0. The molecule has 14 heavy (non-hydrogen) atoms. The summed E-state index contributed by atoms with van der Waals surface area (Å²) in [5, 5.41) is 3.37. The Morgan fingerprint density at radius 1 is 1.07 bits per heavy atom. The molecule has 3 nitrogen and oxygen atoms in total. The van der Waals surface area contributed by atoms with Crippen molar-refractivity contribution in [1.29, 1.82) is 0 Å². The topological polar surface area (TPSA) is 46.2 Å². The number of nitrogens with one attached hydrogen (secondary N) is 1. The fourth-order valence-electron chi connectivity index (χ4n) is 1.13. The van der Waals surface area contributed by atoms with Gasteiger partial charge in [-0.05, 0) is 40.2 Å². The fourth-order valence-corrected chi connectivity index (χ4v) is 1.86. The second kappa shape index (κ2) is 5.71. The Morgan fingerprint density at radius 3 is 2.07 bits per heavy atom. The second-order valence-electron chi connectivity index (χ2n) is 4.87. The predicted octanol–water partition coefficient (Wildman–Crippen LogP) is 1.59. The molecule has 0 saturated carbocycles. The van der Waals surface area contributed by atoms with Crippen molar-refractivity contribution in [3.63, 3.8) is 0 Å². The quantitative estimate of drug-likeness (QED) is 0.693. The van der Waals surface area contributed by atoms with Gasteiger partial charge in [-0.3, -0.25) is 0 Å². The number of unbranched alkanes of at least 4 members (excludes halogenated alkanes) is 2. The molecule has 0 amide bonds. The SMILES string of the molecule is CC(C)(C)NCCCCCS(C)(=O)=O. The van der Waals surface area contributed by atoms with Gasteiger partial charge in [0, 0.05) is 17.5 Å². The van der Waals surface area contributed by atoms with Crippen molar-refractivity contribution in [2.45, 2.75) is 45.6 Å². The first-order valence-corrected chi connectivity index (χ1v) is 7.19. The van der Waals surface area contributed by atoms with Crippen LogP contribution in [0.2, 0.25) is 0 Å². The van der Waals surface area contributed by atoms with Crippen molar-refractivity contribution in [2.24, 2.45) is 0 Å². The number of hydrogen-bond donors (Lipinski definition) is 1. The molecule has 0 spiro atoms. The van der Waals surface area contributed by atoms with Crippen molar-refractivity contribution in [1.82, 2.24) is 5.32 Å². The average Bonchev–Trinajstić information content (AvgIpc) is 1.92. The van der Waals surface area contributed by atoms with Gasteiger partial charge in [-0.25, -0.2) is 8.42 Å². The van der Waals surface area contributed by atoms with Crippen molar-refractivity contribution >= 4 is 9.84 Å². The molecule has 0 fully saturated rings. The summed E-state index contributed by atoms with van der Waals surface area (Å²) in [6.45, 7) is 7.35. The van der Waals surface area contributed by atoms with Crippen LogP contribution in [0, 0.1) is 0 Å². The molecule has 0 aromatic rings. The molecule has 86 valence electrons. The van der Waals surface area contributed by atoms with E-state index in [-0.39, 0.29) is 5.54 Å². The highest BCUT2D eigenvalue weighted by Gasteiger charge is 2.07. The minimum atomic E-state index is -2.76. The summed E-state index contributed by atoms with van der Waals surface area (Å²) in [4.78, 5) is 0. The Kier molecular flexibility index (Phi) is 5.67. The Bertz CT molecular complexity index is 239. The van der Waals surface area contributed by atoms with Gasteiger partial charge in [-0.1, -0.05) is 6.42 Å². The molecule has 0 aromatic heterocycles. The lowest BCUT2D eigenvalue weighted by Gasteiger charge is -2.20. The summed E-state index contributed by atoms with van der Waals surface area (Å²) < 4.78 is 21.6. The maximum absolute atomic E-state index is 10.8. The number of hydrogen-bond acceptors (Lipinski definition) is 3. The molecule has 0 aliphatic rings. The van der Waals surface area contributed by atoms with Crippen LogP contribution in [0.5, 0.6) is 0 Å². The Morgan fingerprint density at radius 2 is 1.64 bits per heavy atom. The second-order valence-corrected chi connectivity index (χ2v) is 7.13. The normalized spacial score (nSPS) is 13.1. The zero-order chi connectivity index (χ0) is 11.2. The summed E-state index contributed by atoms with van der Waals surface area (Å²) in [5.41, 5.74) is 0.164. The molecular weight excluding hydrogens is 198 g/mol. The van der Waals surface area contributed by atoms with E-state index < -0.39 is 9.84 Å². The predicted molar refractivity (Wildman–Crippen MR) is 61.3 cm³/mol. The van der Waals surface area contributed by atoms with Crippen molar-refractivity contribution in [2.75, 3.05) is 18.6 Å². The minimum absolute atomic E-state index is 0.164. The third-order valence-corrected chi connectivity index (χ3v) is 2.88. The van der Waals surface area contributed by atoms with Gasteiger partial charge in [-0.15, -0.1) is 0 Å². The van der Waals surface area contributed by atoms with Gasteiger partial charge in [-0.2, -0.15) is 0 Å². The summed E-state index contributed by atoms with van der Waals surface area (Å²) in [6, 6.07) is 0. The molecule has 0 atom stereocenters. The first-order valence-electron chi connectivity index (χ1n) is 5.13. The number of rotatable bonds is 6. The Hall–Kier alpha value is -0.0900. The van der Waals surface area contributed by atoms with E-state index >= 15 is 0 Å². The lowest BCUT2D eigenvalue weighted by molar-refractivity contribution is 0.418. The van der Waals surface area contributed by atoms with Gasteiger partial charge in [0.05, 0.1) is 0 Å². The first-order chi connectivity index (χ1) is 6.21. The van der Waals surface area contributed by atoms with Crippen LogP contribution < -0.4 is 5.32 Å². The van der Waals surface area contributed by atoms with E-state index in [0.29, 0.717) is 5.75 Å². The molecule has 4 heteroatoms. The van der Waals surface area contributed by atoms with Gasteiger partial charge >= 0.3 is 0 Å². The molecule has 0 saturated heterocycles. The van der Waals surface area contributed by atoms with Crippen LogP contribution in [0.15, 0.2) is 0 Å². The average molecular weight is 221 g/mol. The highest BCUT2D eigenvalue weighted by Crippen LogP contribution is 2.01. The van der Waals surface area contributed by atoms with Gasteiger partial charge < -0.3 is 5.32 Å². The molecular formula is C10H23NO2S. The Labute approximate surface area is 88.2 Å². The largest absolute Gasteiger partial charge is 0.312 e. The van der Waals surface area contributed by atoms with E-state index in [1.54, 1.807) is 0 Å². The molecule has 1 N–H and O–H groups in total. The van der Waals surface area contributed by atoms with Crippen LogP contribution in [-0.4, -0.2) is 32.5 Å². The molecule has 0 aliphatic carbocycles. The van der Waals surface area contributed by atoms with Gasteiger partial charge in [0.15, 0.2) is 0 Å². The molecule has 0 bridgehead atoms. The van der Waals surface area contributed by atoms with E-state index in [0.717, 1.165) is 25.8 Å². The highest BCUT2D eigenvalue weighted by atomic mass is 32.2. The molecule has 0 rings (SSSR count). The minimum Gasteiger partial charge on any atom is -0.312 e. The van der Waals surface area contributed by atoms with Crippen molar-refractivity contribution in [3.05, 3.63) is 0 Å². The highest BCUT2D eigenvalue weighted by molar-refractivity contribution is 7.90. The van der Waals surface area contributed by atoms with E-state index in [9.17, 15) is 8.42 Å². The van der Waals surface area contributed by atoms with Crippen LogP contribution in [0.3, 0.4) is 0 Å². The molecule has 0 unspecified atom stereocenters. The first kappa shape index (κ1) is 13.9. The van der Waals surface area contributed by atoms with Gasteiger partial charge in [0.2, 0.25) is 0 Å². The van der Waals surface area contributed by atoms with Crippen LogP contribution in [-0.2, 0) is 9.84 Å². The van der Waals surface area contributed by atoms with E-state index in [2.05, 4.69) is 26.1 Å². The molecule has 0 heterocycles. The maximum atomic E-state index is 10.8. The summed E-state index contributed by atoms with van der Waals surface area (Å²) in [7, 11) is -2.76. The van der Waals surface area contributed by atoms with Crippen LogP contribution in [0.4, 0.5) is 0 Å². The molecule has 0 aliphatic heterocycles.